The van der Waals surface area contributed by atoms with Gasteiger partial charge in [0.1, 0.15) is 22.5 Å². The maximum atomic E-state index is 12.9. The van der Waals surface area contributed by atoms with E-state index in [1.807, 2.05) is 55.5 Å². The number of nitrogens with one attached hydrogen (secondary N) is 1. The van der Waals surface area contributed by atoms with Crippen molar-refractivity contribution in [2.75, 3.05) is 19.0 Å². The molecule has 3 aromatic carbocycles. The Balaban J connectivity index is 1.54. The third kappa shape index (κ3) is 4.72. The van der Waals surface area contributed by atoms with Crippen LogP contribution in [0, 0.1) is 6.92 Å². The second-order valence-electron chi connectivity index (χ2n) is 7.53. The Morgan fingerprint density at radius 3 is 2.47 bits per heavy atom. The Labute approximate surface area is 187 Å². The Morgan fingerprint density at radius 2 is 1.75 bits per heavy atom. The van der Waals surface area contributed by atoms with Crippen LogP contribution >= 0.6 is 0 Å². The molecule has 0 fully saturated rings. The van der Waals surface area contributed by atoms with E-state index in [0.29, 0.717) is 29.1 Å². The van der Waals surface area contributed by atoms with Crippen LogP contribution in [0.2, 0.25) is 0 Å². The van der Waals surface area contributed by atoms with Crippen molar-refractivity contribution in [1.29, 1.82) is 0 Å². The van der Waals surface area contributed by atoms with Crippen LogP contribution in [-0.2, 0) is 0 Å². The van der Waals surface area contributed by atoms with Crippen LogP contribution in [0.4, 0.5) is 5.69 Å². The third-order valence-electron chi connectivity index (χ3n) is 5.14. The molecular weight excluding hydrogens is 404 g/mol. The molecule has 4 aromatic rings. The summed E-state index contributed by atoms with van der Waals surface area (Å²) in [5.41, 5.74) is 4.41. The SMILES string of the molecule is CCCCOc1cccc(C(=O)Nc2cc3nn(-c4ccc(OC)cc4)nc3cc2C)c1. The highest BCUT2D eigenvalue weighted by atomic mass is 16.5. The van der Waals surface area contributed by atoms with Crippen molar-refractivity contribution in [3.63, 3.8) is 0 Å². The van der Waals surface area contributed by atoms with Crippen LogP contribution in [0.3, 0.4) is 0 Å². The van der Waals surface area contributed by atoms with Crippen molar-refractivity contribution >= 4 is 22.6 Å². The molecule has 0 radical (unpaired) electrons. The fraction of sp³-hybridized carbons (Fsp3) is 0.240. The maximum absolute atomic E-state index is 12.9. The van der Waals surface area contributed by atoms with Gasteiger partial charge in [-0.25, -0.2) is 0 Å². The van der Waals surface area contributed by atoms with Crippen molar-refractivity contribution in [2.24, 2.45) is 0 Å². The Morgan fingerprint density at radius 1 is 1.00 bits per heavy atom. The monoisotopic (exact) mass is 430 g/mol. The fourth-order valence-corrected chi connectivity index (χ4v) is 3.29. The highest BCUT2D eigenvalue weighted by molar-refractivity contribution is 6.05. The van der Waals surface area contributed by atoms with Crippen molar-refractivity contribution in [1.82, 2.24) is 15.0 Å². The second kappa shape index (κ2) is 9.51. The molecule has 7 nitrogen and oxygen atoms in total. The predicted octanol–water partition coefficient (Wildman–Crippen LogP) is 5.17. The molecular formula is C25H26N4O3. The van der Waals surface area contributed by atoms with E-state index in [0.717, 1.165) is 35.4 Å². The van der Waals surface area contributed by atoms with Gasteiger partial charge in [0.25, 0.3) is 5.91 Å². The number of hydrogen-bond donors (Lipinski definition) is 1. The van der Waals surface area contributed by atoms with Gasteiger partial charge in [0.15, 0.2) is 0 Å². The van der Waals surface area contributed by atoms with E-state index >= 15 is 0 Å². The highest BCUT2D eigenvalue weighted by Gasteiger charge is 2.13. The number of aromatic nitrogens is 3. The number of unbranched alkanes of at least 4 members (excludes halogenated alkanes) is 1. The Bertz CT molecular complexity index is 1230. The number of anilines is 1. The molecule has 0 saturated heterocycles. The smallest absolute Gasteiger partial charge is 0.255 e. The van der Waals surface area contributed by atoms with Crippen molar-refractivity contribution in [3.8, 4) is 17.2 Å². The lowest BCUT2D eigenvalue weighted by atomic mass is 10.1. The quantitative estimate of drug-likeness (QED) is 0.390. The molecule has 0 aliphatic rings. The summed E-state index contributed by atoms with van der Waals surface area (Å²) in [4.78, 5) is 14.4. The minimum atomic E-state index is -0.198. The van der Waals surface area contributed by atoms with Gasteiger partial charge in [0, 0.05) is 11.3 Å². The first-order valence-corrected chi connectivity index (χ1v) is 10.6. The lowest BCUT2D eigenvalue weighted by molar-refractivity contribution is 0.102. The molecule has 1 heterocycles. The summed E-state index contributed by atoms with van der Waals surface area (Å²) < 4.78 is 10.9. The molecule has 0 atom stereocenters. The highest BCUT2D eigenvalue weighted by Crippen LogP contribution is 2.24. The van der Waals surface area contributed by atoms with Gasteiger partial charge in [-0.15, -0.1) is 10.2 Å². The molecule has 0 bridgehead atoms. The number of ether oxygens (including phenoxy) is 2. The molecule has 0 aliphatic heterocycles. The zero-order valence-corrected chi connectivity index (χ0v) is 18.5. The van der Waals surface area contributed by atoms with E-state index in [2.05, 4.69) is 22.4 Å². The molecule has 1 N–H and O–H groups in total. The fourth-order valence-electron chi connectivity index (χ4n) is 3.29. The number of amides is 1. The largest absolute Gasteiger partial charge is 0.497 e. The van der Waals surface area contributed by atoms with Gasteiger partial charge in [0.2, 0.25) is 0 Å². The van der Waals surface area contributed by atoms with E-state index < -0.39 is 0 Å². The average molecular weight is 431 g/mol. The summed E-state index contributed by atoms with van der Waals surface area (Å²) >= 11 is 0. The Hall–Kier alpha value is -3.87. The maximum Gasteiger partial charge on any atom is 0.255 e. The summed E-state index contributed by atoms with van der Waals surface area (Å²) in [5.74, 6) is 1.27. The van der Waals surface area contributed by atoms with Gasteiger partial charge in [-0.2, -0.15) is 4.80 Å². The first-order valence-electron chi connectivity index (χ1n) is 10.6. The number of nitrogens with zero attached hydrogens (tertiary/aromatic N) is 3. The van der Waals surface area contributed by atoms with Gasteiger partial charge >= 0.3 is 0 Å². The van der Waals surface area contributed by atoms with E-state index in [1.165, 1.54) is 0 Å². The summed E-state index contributed by atoms with van der Waals surface area (Å²) in [5, 5.41) is 12.1. The van der Waals surface area contributed by atoms with E-state index in [4.69, 9.17) is 9.47 Å². The number of carbonyl (C=O) groups excluding carboxylic acids is 1. The zero-order valence-electron chi connectivity index (χ0n) is 18.5. The summed E-state index contributed by atoms with van der Waals surface area (Å²) in [6.45, 7) is 4.69. The van der Waals surface area contributed by atoms with Crippen LogP contribution in [0.5, 0.6) is 11.5 Å². The predicted molar refractivity (Wildman–Crippen MR) is 125 cm³/mol. The van der Waals surface area contributed by atoms with Gasteiger partial charge in [-0.3, -0.25) is 4.79 Å². The van der Waals surface area contributed by atoms with Crippen LogP contribution in [0.1, 0.15) is 35.7 Å². The number of fused-ring (bicyclic) bond motifs is 1. The molecule has 1 amide bonds. The molecule has 0 spiro atoms. The number of carbonyl (C=O) groups is 1. The molecule has 164 valence electrons. The molecule has 0 saturated carbocycles. The first-order chi connectivity index (χ1) is 15.6. The molecule has 0 aliphatic carbocycles. The molecule has 7 heteroatoms. The zero-order chi connectivity index (χ0) is 22.5. The third-order valence-corrected chi connectivity index (χ3v) is 5.14. The van der Waals surface area contributed by atoms with E-state index in [-0.39, 0.29) is 5.91 Å². The number of rotatable bonds is 8. The molecule has 0 unspecified atom stereocenters. The van der Waals surface area contributed by atoms with Crippen molar-refractivity contribution in [3.05, 3.63) is 71.8 Å². The van der Waals surface area contributed by atoms with Gasteiger partial charge in [-0.1, -0.05) is 19.4 Å². The molecule has 32 heavy (non-hydrogen) atoms. The summed E-state index contributed by atoms with van der Waals surface area (Å²) in [6.07, 6.45) is 2.04. The van der Waals surface area contributed by atoms with Crippen molar-refractivity contribution < 1.29 is 14.3 Å². The normalized spacial score (nSPS) is 10.8. The minimum absolute atomic E-state index is 0.198. The van der Waals surface area contributed by atoms with Crippen LogP contribution in [-0.4, -0.2) is 34.6 Å². The number of hydrogen-bond acceptors (Lipinski definition) is 5. The second-order valence-corrected chi connectivity index (χ2v) is 7.53. The van der Waals surface area contributed by atoms with Gasteiger partial charge in [0.05, 0.1) is 19.4 Å². The Kier molecular flexibility index (Phi) is 6.35. The van der Waals surface area contributed by atoms with E-state index in [9.17, 15) is 4.79 Å². The van der Waals surface area contributed by atoms with E-state index in [1.54, 1.807) is 24.0 Å². The van der Waals surface area contributed by atoms with Gasteiger partial charge < -0.3 is 14.8 Å². The van der Waals surface area contributed by atoms with Gasteiger partial charge in [-0.05, 0) is 73.5 Å². The number of methoxy groups -OCH3 is 1. The molecule has 1 aromatic heterocycles. The van der Waals surface area contributed by atoms with Crippen LogP contribution in [0.25, 0.3) is 16.7 Å². The standard InChI is InChI=1S/C25H26N4O3/c1-4-5-13-32-21-8-6-7-18(15-21)25(30)26-22-16-24-23(14-17(22)2)27-29(28-24)19-9-11-20(31-3)12-10-19/h6-12,14-16H,4-5,13H2,1-3H3,(H,26,30). The average Bonchev–Trinajstić information content (AvgIpc) is 3.22. The molecule has 4 rings (SSSR count). The summed E-state index contributed by atoms with van der Waals surface area (Å²) in [7, 11) is 1.63. The summed E-state index contributed by atoms with van der Waals surface area (Å²) in [6, 6.07) is 18.5. The lowest BCUT2D eigenvalue weighted by Crippen LogP contribution is -2.13. The number of aryl methyl sites for hydroxylation is 1. The first kappa shape index (κ1) is 21.4. The van der Waals surface area contributed by atoms with Crippen LogP contribution in [0.15, 0.2) is 60.7 Å². The van der Waals surface area contributed by atoms with Crippen LogP contribution < -0.4 is 14.8 Å². The van der Waals surface area contributed by atoms with Crippen molar-refractivity contribution in [2.45, 2.75) is 26.7 Å². The minimum Gasteiger partial charge on any atom is -0.497 e. The lowest BCUT2D eigenvalue weighted by Gasteiger charge is -2.10. The topological polar surface area (TPSA) is 78.3 Å². The number of benzene rings is 3.